The number of nitrogens with zero attached hydrogens (tertiary/aromatic N) is 2. The van der Waals surface area contributed by atoms with Gasteiger partial charge >= 0.3 is 0 Å². The lowest BCUT2D eigenvalue weighted by Gasteiger charge is -2.37. The molecule has 4 nitrogen and oxygen atoms in total. The minimum Gasteiger partial charge on any atom is -0.341 e. The lowest BCUT2D eigenvalue weighted by atomic mass is 10.0. The van der Waals surface area contributed by atoms with Crippen LogP contribution in [0.5, 0.6) is 0 Å². The van der Waals surface area contributed by atoms with Gasteiger partial charge in [-0.25, -0.2) is 0 Å². The molecule has 1 atom stereocenters. The number of amides is 1. The van der Waals surface area contributed by atoms with Crippen molar-refractivity contribution in [2.45, 2.75) is 37.9 Å². The first kappa shape index (κ1) is 18.3. The topological polar surface area (TPSA) is 49.6 Å². The summed E-state index contributed by atoms with van der Waals surface area (Å²) in [5.74, 6) is 1.04. The fourth-order valence-electron chi connectivity index (χ4n) is 3.12. The molecule has 2 N–H and O–H groups in total. The number of benzene rings is 1. The number of carbonyl (C=O) groups excluding carboxylic acids is 1. The standard InChI is InChI=1S/C18H29N3OS/c1-20(18(22)17(19)10-13-23-2)16-8-11-21(12-9-16)14-15-6-4-3-5-7-15/h3-7,16-17H,8-14,19H2,1-2H3/t17-/m0/s1. The van der Waals surface area contributed by atoms with E-state index in [2.05, 4.69) is 35.2 Å². The Kier molecular flexibility index (Phi) is 7.40. The number of piperidine rings is 1. The van der Waals surface area contributed by atoms with Gasteiger partial charge in [0.05, 0.1) is 6.04 Å². The molecule has 0 aromatic heterocycles. The molecule has 5 heteroatoms. The third-order valence-corrected chi connectivity index (χ3v) is 5.30. The largest absolute Gasteiger partial charge is 0.341 e. The number of rotatable bonds is 7. The molecule has 0 aliphatic carbocycles. The van der Waals surface area contributed by atoms with Crippen LogP contribution >= 0.6 is 11.8 Å². The van der Waals surface area contributed by atoms with Gasteiger partial charge in [-0.05, 0) is 36.8 Å². The van der Waals surface area contributed by atoms with Crippen LogP contribution in [0.4, 0.5) is 0 Å². The maximum absolute atomic E-state index is 12.4. The molecule has 0 spiro atoms. The molecule has 1 aromatic carbocycles. The third-order valence-electron chi connectivity index (χ3n) is 4.65. The van der Waals surface area contributed by atoms with Gasteiger partial charge in [0.1, 0.15) is 0 Å². The van der Waals surface area contributed by atoms with E-state index in [0.29, 0.717) is 6.04 Å². The first-order chi connectivity index (χ1) is 11.1. The molecule has 1 aliphatic heterocycles. The van der Waals surface area contributed by atoms with Gasteiger partial charge in [-0.2, -0.15) is 11.8 Å². The lowest BCUT2D eigenvalue weighted by Crippen LogP contribution is -2.50. The van der Waals surface area contributed by atoms with Gasteiger partial charge in [0.2, 0.25) is 5.91 Å². The van der Waals surface area contributed by atoms with Crippen molar-refractivity contribution >= 4 is 17.7 Å². The van der Waals surface area contributed by atoms with E-state index in [1.54, 1.807) is 11.8 Å². The van der Waals surface area contributed by atoms with E-state index >= 15 is 0 Å². The van der Waals surface area contributed by atoms with Gasteiger partial charge in [0.15, 0.2) is 0 Å². The molecular formula is C18H29N3OS. The lowest BCUT2D eigenvalue weighted by molar-refractivity contribution is -0.134. The maximum atomic E-state index is 12.4. The van der Waals surface area contributed by atoms with Crippen molar-refractivity contribution in [2.75, 3.05) is 32.1 Å². The minimum atomic E-state index is -0.352. The Bertz CT molecular complexity index is 474. The zero-order chi connectivity index (χ0) is 16.7. The zero-order valence-electron chi connectivity index (χ0n) is 14.3. The zero-order valence-corrected chi connectivity index (χ0v) is 15.1. The molecule has 1 saturated heterocycles. The van der Waals surface area contributed by atoms with Gasteiger partial charge in [-0.15, -0.1) is 0 Å². The Hall–Kier alpha value is -1.04. The molecule has 0 radical (unpaired) electrons. The molecule has 0 saturated carbocycles. The quantitative estimate of drug-likeness (QED) is 0.830. The summed E-state index contributed by atoms with van der Waals surface area (Å²) in [7, 11) is 1.92. The number of likely N-dealkylation sites (tertiary alicyclic amines) is 1. The molecule has 128 valence electrons. The number of hydrogen-bond donors (Lipinski definition) is 1. The van der Waals surface area contributed by atoms with Gasteiger partial charge in [0.25, 0.3) is 0 Å². The summed E-state index contributed by atoms with van der Waals surface area (Å²) in [5, 5.41) is 0. The van der Waals surface area contributed by atoms with Crippen LogP contribution in [0.2, 0.25) is 0 Å². The highest BCUT2D eigenvalue weighted by molar-refractivity contribution is 7.98. The average Bonchev–Trinajstić information content (AvgIpc) is 2.60. The van der Waals surface area contributed by atoms with E-state index in [1.807, 2.05) is 18.2 Å². The van der Waals surface area contributed by atoms with E-state index in [4.69, 9.17) is 5.73 Å². The van der Waals surface area contributed by atoms with E-state index in [0.717, 1.165) is 44.6 Å². The minimum absolute atomic E-state index is 0.0977. The smallest absolute Gasteiger partial charge is 0.239 e. The summed E-state index contributed by atoms with van der Waals surface area (Å²) in [6.45, 7) is 3.08. The number of likely N-dealkylation sites (N-methyl/N-ethyl adjacent to an activating group) is 1. The first-order valence-electron chi connectivity index (χ1n) is 8.39. The van der Waals surface area contributed by atoms with E-state index < -0.39 is 0 Å². The van der Waals surface area contributed by atoms with Crippen molar-refractivity contribution in [2.24, 2.45) is 5.73 Å². The van der Waals surface area contributed by atoms with Crippen molar-refractivity contribution in [3.8, 4) is 0 Å². The number of nitrogens with two attached hydrogens (primary N) is 1. The predicted molar refractivity (Wildman–Crippen MR) is 98.5 cm³/mol. The Morgan fingerprint density at radius 3 is 2.61 bits per heavy atom. The van der Waals surface area contributed by atoms with Crippen molar-refractivity contribution < 1.29 is 4.79 Å². The molecule has 0 bridgehead atoms. The van der Waals surface area contributed by atoms with Gasteiger partial charge in [-0.1, -0.05) is 30.3 Å². The molecule has 2 rings (SSSR count). The van der Waals surface area contributed by atoms with Crippen LogP contribution < -0.4 is 5.73 Å². The normalized spacial score (nSPS) is 17.9. The summed E-state index contributed by atoms with van der Waals surface area (Å²) in [6.07, 6.45) is 4.87. The van der Waals surface area contributed by atoms with Gasteiger partial charge < -0.3 is 10.6 Å². The van der Waals surface area contributed by atoms with Crippen LogP contribution in [-0.2, 0) is 11.3 Å². The number of hydrogen-bond acceptors (Lipinski definition) is 4. The van der Waals surface area contributed by atoms with Gasteiger partial charge in [0, 0.05) is 32.7 Å². The van der Waals surface area contributed by atoms with Crippen molar-refractivity contribution in [1.82, 2.24) is 9.80 Å². The van der Waals surface area contributed by atoms with Crippen LogP contribution in [0.1, 0.15) is 24.8 Å². The van der Waals surface area contributed by atoms with Crippen LogP contribution in [0.3, 0.4) is 0 Å². The van der Waals surface area contributed by atoms with E-state index in [-0.39, 0.29) is 11.9 Å². The second kappa shape index (κ2) is 9.30. The summed E-state index contributed by atoms with van der Waals surface area (Å²) in [5.41, 5.74) is 7.38. The molecule has 1 heterocycles. The van der Waals surface area contributed by atoms with Crippen LogP contribution in [0.15, 0.2) is 30.3 Å². The molecule has 1 fully saturated rings. The van der Waals surface area contributed by atoms with Crippen molar-refractivity contribution in [3.63, 3.8) is 0 Å². The Morgan fingerprint density at radius 1 is 1.35 bits per heavy atom. The highest BCUT2D eigenvalue weighted by Gasteiger charge is 2.27. The average molecular weight is 336 g/mol. The summed E-state index contributed by atoms with van der Waals surface area (Å²) in [6, 6.07) is 10.6. The third kappa shape index (κ3) is 5.52. The number of thioether (sulfide) groups is 1. The van der Waals surface area contributed by atoms with Crippen LogP contribution in [0, 0.1) is 0 Å². The Labute approximate surface area is 144 Å². The van der Waals surface area contributed by atoms with E-state index in [1.165, 1.54) is 5.56 Å². The number of carbonyl (C=O) groups is 1. The van der Waals surface area contributed by atoms with Crippen molar-refractivity contribution in [1.29, 1.82) is 0 Å². The van der Waals surface area contributed by atoms with E-state index in [9.17, 15) is 4.79 Å². The highest BCUT2D eigenvalue weighted by Crippen LogP contribution is 2.18. The SMILES string of the molecule is CSCC[C@H](N)C(=O)N(C)C1CCN(Cc2ccccc2)CC1. The molecule has 23 heavy (non-hydrogen) atoms. The molecule has 1 amide bonds. The second-order valence-corrected chi connectivity index (χ2v) is 7.32. The Morgan fingerprint density at radius 2 is 2.00 bits per heavy atom. The molecule has 1 aliphatic rings. The highest BCUT2D eigenvalue weighted by atomic mass is 32.2. The Balaban J connectivity index is 1.78. The fourth-order valence-corrected chi connectivity index (χ4v) is 3.61. The summed E-state index contributed by atoms with van der Waals surface area (Å²) >= 11 is 1.74. The monoisotopic (exact) mass is 335 g/mol. The van der Waals surface area contributed by atoms with Crippen LogP contribution in [-0.4, -0.2) is 59.9 Å². The summed E-state index contributed by atoms with van der Waals surface area (Å²) in [4.78, 5) is 16.8. The molecular weight excluding hydrogens is 306 g/mol. The summed E-state index contributed by atoms with van der Waals surface area (Å²) < 4.78 is 0. The molecule has 1 aromatic rings. The second-order valence-electron chi connectivity index (χ2n) is 6.33. The van der Waals surface area contributed by atoms with Gasteiger partial charge in [-0.3, -0.25) is 9.69 Å². The maximum Gasteiger partial charge on any atom is 0.239 e. The fraction of sp³-hybridized carbons (Fsp3) is 0.611. The molecule has 0 unspecified atom stereocenters. The van der Waals surface area contributed by atoms with Crippen LogP contribution in [0.25, 0.3) is 0 Å². The first-order valence-corrected chi connectivity index (χ1v) is 9.78. The predicted octanol–water partition coefficient (Wildman–Crippen LogP) is 2.19. The van der Waals surface area contributed by atoms with Crippen molar-refractivity contribution in [3.05, 3.63) is 35.9 Å².